The van der Waals surface area contributed by atoms with Crippen LogP contribution in [-0.4, -0.2) is 29.6 Å². The molecule has 0 saturated heterocycles. The van der Waals surface area contributed by atoms with Crippen molar-refractivity contribution >= 4 is 33.4 Å². The van der Waals surface area contributed by atoms with Crippen molar-refractivity contribution in [2.45, 2.75) is 19.4 Å². The summed E-state index contributed by atoms with van der Waals surface area (Å²) >= 11 is 3.08. The quantitative estimate of drug-likeness (QED) is 0.729. The van der Waals surface area contributed by atoms with E-state index in [1.165, 1.54) is 18.2 Å². The van der Waals surface area contributed by atoms with Gasteiger partial charge in [-0.15, -0.1) is 0 Å². The van der Waals surface area contributed by atoms with Gasteiger partial charge in [-0.2, -0.15) is 0 Å². The van der Waals surface area contributed by atoms with Gasteiger partial charge in [0.2, 0.25) is 0 Å². The fourth-order valence-corrected chi connectivity index (χ4v) is 1.78. The van der Waals surface area contributed by atoms with E-state index in [2.05, 4.69) is 26.6 Å². The van der Waals surface area contributed by atoms with Crippen LogP contribution in [0.2, 0.25) is 0 Å². The van der Waals surface area contributed by atoms with E-state index in [0.717, 1.165) is 0 Å². The molecule has 0 fully saturated rings. The van der Waals surface area contributed by atoms with Crippen molar-refractivity contribution in [2.75, 3.05) is 11.9 Å². The van der Waals surface area contributed by atoms with Gasteiger partial charge in [0.05, 0.1) is 5.69 Å². The molecule has 0 radical (unpaired) electrons. The molecule has 7 heteroatoms. The first-order valence-corrected chi connectivity index (χ1v) is 6.41. The molecule has 0 spiro atoms. The zero-order valence-electron chi connectivity index (χ0n) is 10.2. The van der Waals surface area contributed by atoms with Crippen molar-refractivity contribution in [3.05, 3.63) is 28.5 Å². The highest BCUT2D eigenvalue weighted by Gasteiger charge is 2.17. The molecule has 0 aromatic heterocycles. The summed E-state index contributed by atoms with van der Waals surface area (Å²) in [6.07, 6.45) is 0.360. The molecule has 0 aliphatic heterocycles. The molecule has 0 unspecified atom stereocenters. The molecular weight excluding hydrogens is 319 g/mol. The SMILES string of the molecule is C[C@H](CCO)NC(=O)C(=O)Nc1ccc(F)cc1Br. The second-order valence-corrected chi connectivity index (χ2v) is 4.82. The highest BCUT2D eigenvalue weighted by atomic mass is 79.9. The van der Waals surface area contributed by atoms with Gasteiger partial charge in [0.15, 0.2) is 0 Å². The number of amides is 2. The summed E-state index contributed by atoms with van der Waals surface area (Å²) < 4.78 is 13.2. The topological polar surface area (TPSA) is 78.4 Å². The zero-order chi connectivity index (χ0) is 14.4. The Morgan fingerprint density at radius 2 is 2.11 bits per heavy atom. The summed E-state index contributed by atoms with van der Waals surface area (Å²) in [5.41, 5.74) is 0.302. The van der Waals surface area contributed by atoms with E-state index >= 15 is 0 Å². The Kier molecular flexibility index (Phi) is 5.91. The Labute approximate surface area is 118 Å². The average molecular weight is 333 g/mol. The first kappa shape index (κ1) is 15.6. The lowest BCUT2D eigenvalue weighted by molar-refractivity contribution is -0.136. The Morgan fingerprint density at radius 3 is 2.68 bits per heavy atom. The third kappa shape index (κ3) is 4.96. The number of halogens is 2. The van der Waals surface area contributed by atoms with Crippen LogP contribution >= 0.6 is 15.9 Å². The van der Waals surface area contributed by atoms with Crippen molar-refractivity contribution in [1.82, 2.24) is 5.32 Å². The minimum atomic E-state index is -0.850. The minimum absolute atomic E-state index is 0.0768. The molecule has 0 heterocycles. The molecule has 1 rings (SSSR count). The molecular formula is C12H14BrFN2O3. The summed E-state index contributed by atoms with van der Waals surface area (Å²) in [5, 5.41) is 13.5. The van der Waals surface area contributed by atoms with Gasteiger partial charge < -0.3 is 15.7 Å². The molecule has 1 aromatic rings. The second kappa shape index (κ2) is 7.20. The van der Waals surface area contributed by atoms with Crippen molar-refractivity contribution < 1.29 is 19.1 Å². The van der Waals surface area contributed by atoms with Crippen LogP contribution in [0.25, 0.3) is 0 Å². The van der Waals surface area contributed by atoms with Crippen LogP contribution in [0, 0.1) is 5.82 Å². The molecule has 0 saturated carbocycles. The number of benzene rings is 1. The molecule has 3 N–H and O–H groups in total. The summed E-state index contributed by atoms with van der Waals surface area (Å²) in [6, 6.07) is 3.40. The number of hydrogen-bond acceptors (Lipinski definition) is 3. The van der Waals surface area contributed by atoms with E-state index in [-0.39, 0.29) is 12.6 Å². The number of rotatable bonds is 4. The maximum atomic E-state index is 12.9. The number of aliphatic hydroxyl groups is 1. The molecule has 104 valence electrons. The number of aliphatic hydroxyl groups excluding tert-OH is 1. The van der Waals surface area contributed by atoms with E-state index in [0.29, 0.717) is 16.6 Å². The Hall–Kier alpha value is -1.47. The molecule has 19 heavy (non-hydrogen) atoms. The monoisotopic (exact) mass is 332 g/mol. The molecule has 2 amide bonds. The number of carbonyl (C=O) groups is 2. The molecule has 1 aromatic carbocycles. The zero-order valence-corrected chi connectivity index (χ0v) is 11.8. The van der Waals surface area contributed by atoms with Crippen LogP contribution in [0.15, 0.2) is 22.7 Å². The Morgan fingerprint density at radius 1 is 1.42 bits per heavy atom. The molecule has 0 aliphatic carbocycles. The van der Waals surface area contributed by atoms with Gasteiger partial charge in [0, 0.05) is 17.1 Å². The number of anilines is 1. The third-order valence-corrected chi connectivity index (χ3v) is 2.98. The first-order valence-electron chi connectivity index (χ1n) is 5.61. The lowest BCUT2D eigenvalue weighted by Crippen LogP contribution is -2.40. The fraction of sp³-hybridized carbons (Fsp3) is 0.333. The van der Waals surface area contributed by atoms with Crippen LogP contribution in [0.5, 0.6) is 0 Å². The van der Waals surface area contributed by atoms with Crippen LogP contribution in [-0.2, 0) is 9.59 Å². The predicted octanol–water partition coefficient (Wildman–Crippen LogP) is 1.41. The largest absolute Gasteiger partial charge is 0.396 e. The first-order chi connectivity index (χ1) is 8.93. The van der Waals surface area contributed by atoms with Gasteiger partial charge in [0.1, 0.15) is 5.82 Å². The normalized spacial score (nSPS) is 11.8. The fourth-order valence-electron chi connectivity index (χ4n) is 1.33. The van der Waals surface area contributed by atoms with Gasteiger partial charge in [-0.1, -0.05) is 0 Å². The number of nitrogens with one attached hydrogen (secondary N) is 2. The molecule has 0 bridgehead atoms. The predicted molar refractivity (Wildman–Crippen MR) is 72.0 cm³/mol. The van der Waals surface area contributed by atoms with Crippen LogP contribution < -0.4 is 10.6 Å². The van der Waals surface area contributed by atoms with Gasteiger partial charge in [0.25, 0.3) is 0 Å². The Balaban J connectivity index is 2.61. The highest BCUT2D eigenvalue weighted by molar-refractivity contribution is 9.10. The van der Waals surface area contributed by atoms with Gasteiger partial charge in [-0.25, -0.2) is 4.39 Å². The van der Waals surface area contributed by atoms with Crippen molar-refractivity contribution in [2.24, 2.45) is 0 Å². The maximum Gasteiger partial charge on any atom is 0.313 e. The van der Waals surface area contributed by atoms with Gasteiger partial charge in [-0.3, -0.25) is 9.59 Å². The number of carbonyl (C=O) groups excluding carboxylic acids is 2. The summed E-state index contributed by atoms with van der Waals surface area (Å²) in [7, 11) is 0. The van der Waals surface area contributed by atoms with E-state index in [1.54, 1.807) is 6.92 Å². The third-order valence-electron chi connectivity index (χ3n) is 2.33. The minimum Gasteiger partial charge on any atom is -0.396 e. The van der Waals surface area contributed by atoms with Crippen molar-refractivity contribution in [3.8, 4) is 0 Å². The summed E-state index contributed by atoms with van der Waals surface area (Å²) in [6.45, 7) is 1.60. The van der Waals surface area contributed by atoms with E-state index < -0.39 is 17.6 Å². The van der Waals surface area contributed by atoms with Crippen LogP contribution in [0.4, 0.5) is 10.1 Å². The smallest absolute Gasteiger partial charge is 0.313 e. The second-order valence-electron chi connectivity index (χ2n) is 3.97. The maximum absolute atomic E-state index is 12.9. The molecule has 0 aliphatic rings. The highest BCUT2D eigenvalue weighted by Crippen LogP contribution is 2.22. The average Bonchev–Trinajstić information content (AvgIpc) is 2.32. The standard InChI is InChI=1S/C12H14BrFN2O3/c1-7(4-5-17)15-11(18)12(19)16-10-3-2-8(14)6-9(10)13/h2-3,6-7,17H,4-5H2,1H3,(H,15,18)(H,16,19)/t7-/m1/s1. The summed E-state index contributed by atoms with van der Waals surface area (Å²) in [5.74, 6) is -2.11. The lowest BCUT2D eigenvalue weighted by Gasteiger charge is -2.12. The molecule has 1 atom stereocenters. The van der Waals surface area contributed by atoms with E-state index in [4.69, 9.17) is 5.11 Å². The lowest BCUT2D eigenvalue weighted by atomic mass is 10.2. The van der Waals surface area contributed by atoms with Crippen LogP contribution in [0.1, 0.15) is 13.3 Å². The van der Waals surface area contributed by atoms with Crippen molar-refractivity contribution in [3.63, 3.8) is 0 Å². The van der Waals surface area contributed by atoms with Crippen molar-refractivity contribution in [1.29, 1.82) is 0 Å². The van der Waals surface area contributed by atoms with E-state index in [1.807, 2.05) is 0 Å². The van der Waals surface area contributed by atoms with Gasteiger partial charge >= 0.3 is 11.8 Å². The number of hydrogen-bond donors (Lipinski definition) is 3. The van der Waals surface area contributed by atoms with E-state index in [9.17, 15) is 14.0 Å². The van der Waals surface area contributed by atoms with Gasteiger partial charge in [-0.05, 0) is 47.5 Å². The summed E-state index contributed by atoms with van der Waals surface area (Å²) in [4.78, 5) is 23.1. The Bertz CT molecular complexity index is 482. The molecule has 5 nitrogen and oxygen atoms in total. The van der Waals surface area contributed by atoms with Crippen LogP contribution in [0.3, 0.4) is 0 Å².